The molecule has 6 nitrogen and oxygen atoms in total. The van der Waals surface area contributed by atoms with Crippen LogP contribution in [0.1, 0.15) is 23.2 Å². The van der Waals surface area contributed by atoms with Crippen molar-refractivity contribution in [3.63, 3.8) is 0 Å². The maximum absolute atomic E-state index is 11.9. The zero-order valence-electron chi connectivity index (χ0n) is 9.65. The molecule has 1 aromatic rings. The van der Waals surface area contributed by atoms with Gasteiger partial charge in [-0.2, -0.15) is 0 Å². The fourth-order valence-electron chi connectivity index (χ4n) is 1.42. The third-order valence-corrected chi connectivity index (χ3v) is 2.42. The lowest BCUT2D eigenvalue weighted by Gasteiger charge is -2.22. The van der Waals surface area contributed by atoms with E-state index in [0.29, 0.717) is 11.8 Å². The van der Waals surface area contributed by atoms with Gasteiger partial charge in [0.1, 0.15) is 12.3 Å². The molecule has 1 rings (SSSR count). The number of amides is 1. The van der Waals surface area contributed by atoms with Crippen LogP contribution in [0, 0.1) is 0 Å². The van der Waals surface area contributed by atoms with Gasteiger partial charge in [0.25, 0.3) is 5.91 Å². The SMILES string of the molecule is NN(C(=O)c1ccccc1)[C@H](C=O)CCC(=O)O. The lowest BCUT2D eigenvalue weighted by molar-refractivity contribution is -0.137. The fourth-order valence-corrected chi connectivity index (χ4v) is 1.42. The van der Waals surface area contributed by atoms with Crippen LogP contribution in [0.5, 0.6) is 0 Å². The summed E-state index contributed by atoms with van der Waals surface area (Å²) >= 11 is 0. The normalized spacial score (nSPS) is 11.6. The standard InChI is InChI=1S/C12H14N2O4/c13-14(10(8-15)6-7-11(16)17)12(18)9-4-2-1-3-5-9/h1-5,8,10H,6-7,13H2,(H,16,17)/t10-/m0/s1. The monoisotopic (exact) mass is 250 g/mol. The Labute approximate surface area is 104 Å². The van der Waals surface area contributed by atoms with Gasteiger partial charge in [-0.05, 0) is 18.6 Å². The summed E-state index contributed by atoms with van der Waals surface area (Å²) in [5.41, 5.74) is 0.349. The van der Waals surface area contributed by atoms with E-state index in [9.17, 15) is 14.4 Å². The number of aldehydes is 1. The summed E-state index contributed by atoms with van der Waals surface area (Å²) in [6.45, 7) is 0. The highest BCUT2D eigenvalue weighted by molar-refractivity contribution is 5.95. The number of carbonyl (C=O) groups excluding carboxylic acids is 2. The van der Waals surface area contributed by atoms with Crippen molar-refractivity contribution in [2.24, 2.45) is 5.84 Å². The Bertz CT molecular complexity index is 433. The van der Waals surface area contributed by atoms with Crippen molar-refractivity contribution in [1.82, 2.24) is 5.01 Å². The van der Waals surface area contributed by atoms with Crippen LogP contribution < -0.4 is 5.84 Å². The second kappa shape index (κ2) is 6.51. The number of nitrogens with zero attached hydrogens (tertiary/aromatic N) is 1. The number of benzene rings is 1. The smallest absolute Gasteiger partial charge is 0.303 e. The van der Waals surface area contributed by atoms with Gasteiger partial charge in [-0.15, -0.1) is 0 Å². The lowest BCUT2D eigenvalue weighted by atomic mass is 10.1. The number of hydrogen-bond acceptors (Lipinski definition) is 4. The van der Waals surface area contributed by atoms with Gasteiger partial charge in [-0.3, -0.25) is 14.6 Å². The van der Waals surface area contributed by atoms with Crippen LogP contribution in [0.2, 0.25) is 0 Å². The summed E-state index contributed by atoms with van der Waals surface area (Å²) in [7, 11) is 0. The molecule has 0 spiro atoms. The van der Waals surface area contributed by atoms with Crippen LogP contribution >= 0.6 is 0 Å². The Kier molecular flexibility index (Phi) is 5.01. The van der Waals surface area contributed by atoms with E-state index in [-0.39, 0.29) is 12.8 Å². The molecule has 0 unspecified atom stereocenters. The molecule has 96 valence electrons. The predicted octanol–water partition coefficient (Wildman–Crippen LogP) is 0.435. The van der Waals surface area contributed by atoms with Gasteiger partial charge < -0.3 is 9.90 Å². The first-order chi connectivity index (χ1) is 8.56. The highest BCUT2D eigenvalue weighted by atomic mass is 16.4. The minimum atomic E-state index is -1.04. The molecule has 1 atom stereocenters. The number of carboxylic acid groups (broad SMARTS) is 1. The van der Waals surface area contributed by atoms with Gasteiger partial charge in [0, 0.05) is 12.0 Å². The quantitative estimate of drug-likeness (QED) is 0.330. The molecule has 0 saturated heterocycles. The third kappa shape index (κ3) is 3.67. The van der Waals surface area contributed by atoms with Crippen molar-refractivity contribution in [3.8, 4) is 0 Å². The van der Waals surface area contributed by atoms with E-state index >= 15 is 0 Å². The van der Waals surface area contributed by atoms with Crippen LogP contribution in [0.4, 0.5) is 0 Å². The molecule has 3 N–H and O–H groups in total. The zero-order chi connectivity index (χ0) is 13.5. The topological polar surface area (TPSA) is 101 Å². The third-order valence-electron chi connectivity index (χ3n) is 2.42. The molecule has 0 radical (unpaired) electrons. The second-order valence-corrected chi connectivity index (χ2v) is 3.71. The molecule has 0 bridgehead atoms. The van der Waals surface area contributed by atoms with Gasteiger partial charge in [0.05, 0.1) is 0 Å². The highest BCUT2D eigenvalue weighted by Crippen LogP contribution is 2.07. The van der Waals surface area contributed by atoms with Gasteiger partial charge in [-0.25, -0.2) is 5.84 Å². The van der Waals surface area contributed by atoms with E-state index in [1.807, 2.05) is 0 Å². The van der Waals surface area contributed by atoms with Crippen molar-refractivity contribution in [2.75, 3.05) is 0 Å². The van der Waals surface area contributed by atoms with E-state index in [0.717, 1.165) is 5.01 Å². The Morgan fingerprint density at radius 1 is 1.33 bits per heavy atom. The van der Waals surface area contributed by atoms with Crippen LogP contribution in [-0.2, 0) is 9.59 Å². The molecular weight excluding hydrogens is 236 g/mol. The van der Waals surface area contributed by atoms with E-state index < -0.39 is 17.9 Å². The summed E-state index contributed by atoms with van der Waals surface area (Å²) in [6, 6.07) is 7.30. The van der Waals surface area contributed by atoms with Crippen LogP contribution in [-0.4, -0.2) is 34.3 Å². The molecule has 0 fully saturated rings. The van der Waals surface area contributed by atoms with Crippen molar-refractivity contribution in [2.45, 2.75) is 18.9 Å². The molecule has 0 aromatic heterocycles. The number of carboxylic acids is 1. The first-order valence-electron chi connectivity index (χ1n) is 5.36. The summed E-state index contributed by atoms with van der Waals surface area (Å²) < 4.78 is 0. The van der Waals surface area contributed by atoms with Crippen molar-refractivity contribution < 1.29 is 19.5 Å². The molecule has 0 aliphatic rings. The second-order valence-electron chi connectivity index (χ2n) is 3.71. The average molecular weight is 250 g/mol. The molecule has 18 heavy (non-hydrogen) atoms. The minimum Gasteiger partial charge on any atom is -0.481 e. The maximum Gasteiger partial charge on any atom is 0.303 e. The maximum atomic E-state index is 11.9. The van der Waals surface area contributed by atoms with Gasteiger partial charge >= 0.3 is 5.97 Å². The van der Waals surface area contributed by atoms with E-state index in [1.165, 1.54) is 0 Å². The molecule has 0 saturated carbocycles. The summed E-state index contributed by atoms with van der Waals surface area (Å²) in [4.78, 5) is 33.1. The van der Waals surface area contributed by atoms with Crippen molar-refractivity contribution >= 4 is 18.2 Å². The zero-order valence-corrected chi connectivity index (χ0v) is 9.65. The Morgan fingerprint density at radius 2 is 1.94 bits per heavy atom. The Morgan fingerprint density at radius 3 is 2.44 bits per heavy atom. The predicted molar refractivity (Wildman–Crippen MR) is 63.5 cm³/mol. The lowest BCUT2D eigenvalue weighted by Crippen LogP contribution is -2.46. The summed E-state index contributed by atoms with van der Waals surface area (Å²) in [5.74, 6) is 3.99. The number of hydrogen-bond donors (Lipinski definition) is 2. The van der Waals surface area contributed by atoms with Gasteiger partial charge in [0.15, 0.2) is 0 Å². The fraction of sp³-hybridized carbons (Fsp3) is 0.250. The number of aliphatic carboxylic acids is 1. The first-order valence-corrected chi connectivity index (χ1v) is 5.36. The molecular formula is C12H14N2O4. The molecule has 0 aliphatic carbocycles. The number of rotatable bonds is 6. The molecule has 1 amide bonds. The van der Waals surface area contributed by atoms with Crippen LogP contribution in [0.25, 0.3) is 0 Å². The molecule has 0 aliphatic heterocycles. The minimum absolute atomic E-state index is 0.00604. The van der Waals surface area contributed by atoms with E-state index in [4.69, 9.17) is 10.9 Å². The number of nitrogens with two attached hydrogens (primary N) is 1. The molecule has 1 aromatic carbocycles. The summed E-state index contributed by atoms with van der Waals surface area (Å²) in [6.07, 6.45) is 0.247. The van der Waals surface area contributed by atoms with Crippen LogP contribution in [0.3, 0.4) is 0 Å². The number of carbonyl (C=O) groups is 3. The van der Waals surface area contributed by atoms with E-state index in [2.05, 4.69) is 0 Å². The number of hydrazine groups is 1. The molecule has 6 heteroatoms. The first kappa shape index (κ1) is 13.9. The highest BCUT2D eigenvalue weighted by Gasteiger charge is 2.22. The van der Waals surface area contributed by atoms with Crippen LogP contribution in [0.15, 0.2) is 30.3 Å². The van der Waals surface area contributed by atoms with Gasteiger partial charge in [0.2, 0.25) is 0 Å². The van der Waals surface area contributed by atoms with Gasteiger partial charge in [-0.1, -0.05) is 18.2 Å². The Hall–Kier alpha value is -2.21. The Balaban J connectivity index is 2.72. The largest absolute Gasteiger partial charge is 0.481 e. The summed E-state index contributed by atoms with van der Waals surface area (Å²) in [5, 5.41) is 9.30. The molecule has 0 heterocycles. The van der Waals surface area contributed by atoms with Crippen molar-refractivity contribution in [3.05, 3.63) is 35.9 Å². The van der Waals surface area contributed by atoms with E-state index in [1.54, 1.807) is 30.3 Å². The van der Waals surface area contributed by atoms with Crippen molar-refractivity contribution in [1.29, 1.82) is 0 Å². The average Bonchev–Trinajstić information content (AvgIpc) is 2.39.